The molecule has 0 saturated heterocycles. The number of carbonyl (C=O) groups is 1. The minimum atomic E-state index is -0.507. The zero-order valence-electron chi connectivity index (χ0n) is 8.59. The number of ether oxygens (including phenoxy) is 1. The summed E-state index contributed by atoms with van der Waals surface area (Å²) in [7, 11) is 1.45. The molecule has 1 aromatic carbocycles. The Kier molecular flexibility index (Phi) is 4.24. The van der Waals surface area contributed by atoms with Crippen LogP contribution in [0.4, 0.5) is 4.39 Å². The highest BCUT2D eigenvalue weighted by Crippen LogP contribution is 2.20. The van der Waals surface area contributed by atoms with Gasteiger partial charge in [-0.15, -0.1) is 0 Å². The molecule has 0 aliphatic carbocycles. The molecule has 0 aliphatic heterocycles. The summed E-state index contributed by atoms with van der Waals surface area (Å²) < 4.78 is 17.9. The maximum absolute atomic E-state index is 13.0. The number of hydrogen-bond acceptors (Lipinski definition) is 2. The van der Waals surface area contributed by atoms with Crippen molar-refractivity contribution in [3.63, 3.8) is 0 Å². The van der Waals surface area contributed by atoms with Crippen molar-refractivity contribution in [2.24, 2.45) is 0 Å². The molecule has 0 aromatic heterocycles. The zero-order chi connectivity index (χ0) is 11.4. The second-order valence-electron chi connectivity index (χ2n) is 3.23. The van der Waals surface area contributed by atoms with Crippen molar-refractivity contribution in [1.29, 1.82) is 0 Å². The van der Waals surface area contributed by atoms with E-state index in [1.807, 2.05) is 0 Å². The lowest BCUT2D eigenvalue weighted by Gasteiger charge is -2.09. The molecular weight excluding hydrogens is 219 g/mol. The minimum Gasteiger partial charge on any atom is -0.374 e. The Hall–Kier alpha value is -0.930. The van der Waals surface area contributed by atoms with Gasteiger partial charge in [0.1, 0.15) is 11.9 Å². The quantitative estimate of drug-likeness (QED) is 0.795. The third kappa shape index (κ3) is 3.01. The van der Waals surface area contributed by atoms with E-state index in [0.717, 1.165) is 0 Å². The Labute approximate surface area is 93.0 Å². The highest BCUT2D eigenvalue weighted by Gasteiger charge is 2.15. The number of ketones is 1. The van der Waals surface area contributed by atoms with Crippen molar-refractivity contribution in [3.05, 3.63) is 34.6 Å². The van der Waals surface area contributed by atoms with Crippen LogP contribution in [0.25, 0.3) is 0 Å². The van der Waals surface area contributed by atoms with Crippen molar-refractivity contribution in [2.45, 2.75) is 19.4 Å². The summed E-state index contributed by atoms with van der Waals surface area (Å²) in [6.45, 7) is 1.65. The summed E-state index contributed by atoms with van der Waals surface area (Å²) in [6, 6.07) is 4.42. The van der Waals surface area contributed by atoms with Crippen LogP contribution in [0.3, 0.4) is 0 Å². The van der Waals surface area contributed by atoms with Gasteiger partial charge in [0.05, 0.1) is 5.02 Å². The van der Waals surface area contributed by atoms with E-state index >= 15 is 0 Å². The molecule has 0 heterocycles. The van der Waals surface area contributed by atoms with Gasteiger partial charge in [-0.1, -0.05) is 23.7 Å². The summed E-state index contributed by atoms with van der Waals surface area (Å²) in [5, 5.41) is 0.00848. The molecule has 4 heteroatoms. The van der Waals surface area contributed by atoms with Crippen LogP contribution in [0.5, 0.6) is 0 Å². The maximum Gasteiger partial charge on any atom is 0.165 e. The molecule has 0 bridgehead atoms. The first kappa shape index (κ1) is 12.1. The van der Waals surface area contributed by atoms with Crippen LogP contribution in [-0.2, 0) is 16.0 Å². The lowest BCUT2D eigenvalue weighted by Crippen LogP contribution is -2.21. The molecule has 0 radical (unpaired) electrons. The van der Waals surface area contributed by atoms with Crippen molar-refractivity contribution in [1.82, 2.24) is 0 Å². The molecule has 0 aliphatic rings. The van der Waals surface area contributed by atoms with E-state index in [1.165, 1.54) is 19.2 Å². The number of methoxy groups -OCH3 is 1. The van der Waals surface area contributed by atoms with Crippen molar-refractivity contribution in [3.8, 4) is 0 Å². The molecule has 0 saturated carbocycles. The van der Waals surface area contributed by atoms with Crippen LogP contribution < -0.4 is 0 Å². The molecule has 1 rings (SSSR count). The Morgan fingerprint density at radius 1 is 1.60 bits per heavy atom. The van der Waals surface area contributed by atoms with E-state index in [1.54, 1.807) is 13.0 Å². The fourth-order valence-corrected chi connectivity index (χ4v) is 1.34. The molecule has 2 nitrogen and oxygen atoms in total. The van der Waals surface area contributed by atoms with Crippen molar-refractivity contribution < 1.29 is 13.9 Å². The first-order valence-corrected chi connectivity index (χ1v) is 4.92. The van der Waals surface area contributed by atoms with Crippen LogP contribution in [-0.4, -0.2) is 19.0 Å². The molecule has 0 spiro atoms. The van der Waals surface area contributed by atoms with E-state index in [0.29, 0.717) is 5.56 Å². The van der Waals surface area contributed by atoms with Crippen LogP contribution in [0, 0.1) is 5.82 Å². The second kappa shape index (κ2) is 5.24. The van der Waals surface area contributed by atoms with E-state index in [-0.39, 0.29) is 17.2 Å². The molecular formula is C11H12ClFO2. The molecule has 0 amide bonds. The monoisotopic (exact) mass is 230 g/mol. The predicted octanol–water partition coefficient (Wildman–Crippen LogP) is 2.63. The number of Topliss-reactive ketones (excluding diaryl/α,β-unsaturated/α-hetero) is 1. The van der Waals surface area contributed by atoms with Gasteiger partial charge in [0.15, 0.2) is 5.78 Å². The molecule has 82 valence electrons. The van der Waals surface area contributed by atoms with Gasteiger partial charge < -0.3 is 4.74 Å². The summed E-state index contributed by atoms with van der Waals surface area (Å²) >= 11 is 5.72. The Morgan fingerprint density at radius 3 is 2.87 bits per heavy atom. The lowest BCUT2D eigenvalue weighted by molar-refractivity contribution is -0.127. The molecule has 1 unspecified atom stereocenters. The smallest absolute Gasteiger partial charge is 0.165 e. The van der Waals surface area contributed by atoms with E-state index in [4.69, 9.17) is 16.3 Å². The normalized spacial score (nSPS) is 12.5. The maximum atomic E-state index is 13.0. The topological polar surface area (TPSA) is 26.3 Å². The zero-order valence-corrected chi connectivity index (χ0v) is 9.34. The molecule has 15 heavy (non-hydrogen) atoms. The first-order chi connectivity index (χ1) is 7.06. The average Bonchev–Trinajstić information content (AvgIpc) is 2.23. The Balaban J connectivity index is 2.81. The van der Waals surface area contributed by atoms with Gasteiger partial charge in [-0.25, -0.2) is 4.39 Å². The molecule has 0 fully saturated rings. The number of benzene rings is 1. The molecule has 0 N–H and O–H groups in total. The largest absolute Gasteiger partial charge is 0.374 e. The third-order valence-corrected chi connectivity index (χ3v) is 2.63. The SMILES string of the molecule is COC(C)C(=O)Cc1cccc(F)c1Cl. The molecule has 1 atom stereocenters. The second-order valence-corrected chi connectivity index (χ2v) is 3.61. The van der Waals surface area contributed by atoms with Gasteiger partial charge in [0.2, 0.25) is 0 Å². The van der Waals surface area contributed by atoms with Gasteiger partial charge in [-0.2, -0.15) is 0 Å². The first-order valence-electron chi connectivity index (χ1n) is 4.54. The predicted molar refractivity (Wildman–Crippen MR) is 56.6 cm³/mol. The Morgan fingerprint density at radius 2 is 2.27 bits per heavy atom. The van der Waals surface area contributed by atoms with Gasteiger partial charge in [0.25, 0.3) is 0 Å². The average molecular weight is 231 g/mol. The highest BCUT2D eigenvalue weighted by molar-refractivity contribution is 6.31. The highest BCUT2D eigenvalue weighted by atomic mass is 35.5. The van der Waals surface area contributed by atoms with Crippen molar-refractivity contribution >= 4 is 17.4 Å². The van der Waals surface area contributed by atoms with Crippen LogP contribution in [0.1, 0.15) is 12.5 Å². The standard InChI is InChI=1S/C11H12ClFO2/c1-7(15-2)10(14)6-8-4-3-5-9(13)11(8)12/h3-5,7H,6H2,1-2H3. The number of carbonyl (C=O) groups excluding carboxylic acids is 1. The van der Waals surface area contributed by atoms with E-state index < -0.39 is 11.9 Å². The van der Waals surface area contributed by atoms with Crippen LogP contribution in [0.15, 0.2) is 18.2 Å². The third-order valence-electron chi connectivity index (χ3n) is 2.20. The fraction of sp³-hybridized carbons (Fsp3) is 0.364. The van der Waals surface area contributed by atoms with Crippen molar-refractivity contribution in [2.75, 3.05) is 7.11 Å². The summed E-state index contributed by atoms with van der Waals surface area (Å²) in [4.78, 5) is 11.5. The number of hydrogen-bond donors (Lipinski definition) is 0. The van der Waals surface area contributed by atoms with Gasteiger partial charge in [-0.05, 0) is 18.6 Å². The van der Waals surface area contributed by atoms with E-state index in [9.17, 15) is 9.18 Å². The fourth-order valence-electron chi connectivity index (χ4n) is 1.15. The van der Waals surface area contributed by atoms with Gasteiger partial charge in [0, 0.05) is 13.5 Å². The lowest BCUT2D eigenvalue weighted by atomic mass is 10.1. The summed E-state index contributed by atoms with van der Waals surface area (Å²) in [5.74, 6) is -0.628. The molecule has 1 aromatic rings. The van der Waals surface area contributed by atoms with Crippen LogP contribution in [0.2, 0.25) is 5.02 Å². The van der Waals surface area contributed by atoms with Gasteiger partial charge in [-0.3, -0.25) is 4.79 Å². The number of halogens is 2. The summed E-state index contributed by atoms with van der Waals surface area (Å²) in [5.41, 5.74) is 0.491. The minimum absolute atomic E-state index is 0.00848. The summed E-state index contributed by atoms with van der Waals surface area (Å²) in [6.07, 6.45) is -0.407. The van der Waals surface area contributed by atoms with Crippen LogP contribution >= 0.6 is 11.6 Å². The number of rotatable bonds is 4. The van der Waals surface area contributed by atoms with Gasteiger partial charge >= 0.3 is 0 Å². The van der Waals surface area contributed by atoms with E-state index in [2.05, 4.69) is 0 Å². The Bertz CT molecular complexity index is 366.